The zero-order valence-electron chi connectivity index (χ0n) is 26.0. The molecule has 0 fully saturated rings. The number of rotatable bonds is 29. The van der Waals surface area contributed by atoms with Crippen molar-refractivity contribution in [3.63, 3.8) is 0 Å². The largest absolute Gasteiger partial charge is 0.394 e. The van der Waals surface area contributed by atoms with Crippen molar-refractivity contribution in [2.45, 2.75) is 187 Å². The summed E-state index contributed by atoms with van der Waals surface area (Å²) in [6.45, 7) is 6.27. The van der Waals surface area contributed by atoms with E-state index in [1.54, 1.807) is 0 Å². The fourth-order valence-corrected chi connectivity index (χ4v) is 5.26. The van der Waals surface area contributed by atoms with Crippen molar-refractivity contribution in [3.05, 3.63) is 11.1 Å². The highest BCUT2D eigenvalue weighted by Gasteiger charge is 2.25. The molecule has 0 aliphatic heterocycles. The summed E-state index contributed by atoms with van der Waals surface area (Å²) in [5.74, 6) is 0.141. The van der Waals surface area contributed by atoms with E-state index in [1.807, 2.05) is 6.92 Å². The molecule has 0 amide bonds. The van der Waals surface area contributed by atoms with Gasteiger partial charge in [-0.05, 0) is 36.8 Å². The lowest BCUT2D eigenvalue weighted by Gasteiger charge is -2.23. The van der Waals surface area contributed by atoms with Gasteiger partial charge in [-0.2, -0.15) is 0 Å². The minimum Gasteiger partial charge on any atom is -0.394 e. The van der Waals surface area contributed by atoms with E-state index in [0.717, 1.165) is 37.7 Å². The van der Waals surface area contributed by atoms with Crippen LogP contribution in [0.5, 0.6) is 0 Å². The van der Waals surface area contributed by atoms with Crippen molar-refractivity contribution in [2.24, 2.45) is 0 Å². The second-order valence-corrected chi connectivity index (χ2v) is 11.2. The summed E-state index contributed by atoms with van der Waals surface area (Å²) in [6.07, 6.45) is 25.1. The summed E-state index contributed by atoms with van der Waals surface area (Å²) in [5.41, 5.74) is 1.41. The number of Topliss-reactive ketones (excluding diaryl/α,β-unsaturated/α-hetero) is 1. The Morgan fingerprint density at radius 3 is 1.38 bits per heavy atom. The predicted octanol–water partition coefficient (Wildman–Crippen LogP) is 8.99. The lowest BCUT2D eigenvalue weighted by Crippen LogP contribution is -2.32. The van der Waals surface area contributed by atoms with Crippen molar-refractivity contribution in [2.75, 3.05) is 6.61 Å². The van der Waals surface area contributed by atoms with Gasteiger partial charge in [0, 0.05) is 6.42 Å². The Labute approximate surface area is 232 Å². The van der Waals surface area contributed by atoms with Crippen LogP contribution in [-0.2, 0) is 4.79 Å². The highest BCUT2D eigenvalue weighted by molar-refractivity contribution is 5.96. The Balaban J connectivity index is 4.77. The lowest BCUT2D eigenvalue weighted by molar-refractivity contribution is -0.116. The molecule has 1 unspecified atom stereocenters. The molecule has 4 nitrogen and oxygen atoms in total. The number of carbonyl (C=O) groups excluding carboxylic acids is 1. The van der Waals surface area contributed by atoms with Gasteiger partial charge >= 0.3 is 0 Å². The van der Waals surface area contributed by atoms with Gasteiger partial charge < -0.3 is 15.3 Å². The van der Waals surface area contributed by atoms with Gasteiger partial charge in [-0.1, -0.05) is 143 Å². The molecular formula is C33H64O4. The van der Waals surface area contributed by atoms with E-state index < -0.39 is 12.2 Å². The average molecular weight is 526 g/mol. The molecule has 0 bridgehead atoms. The Morgan fingerprint density at radius 1 is 0.568 bits per heavy atom. The molecule has 220 valence electrons. The first-order valence-electron chi connectivity index (χ1n) is 16.6. The maximum atomic E-state index is 13.4. The van der Waals surface area contributed by atoms with Gasteiger partial charge in [0.15, 0.2) is 5.78 Å². The maximum Gasteiger partial charge on any atom is 0.210 e. The third-order valence-corrected chi connectivity index (χ3v) is 7.67. The van der Waals surface area contributed by atoms with Crippen LogP contribution in [0.4, 0.5) is 0 Å². The van der Waals surface area contributed by atoms with Crippen molar-refractivity contribution >= 4 is 5.78 Å². The molecule has 3 N–H and O–H groups in total. The smallest absolute Gasteiger partial charge is 0.210 e. The Kier molecular flexibility index (Phi) is 24.9. The van der Waals surface area contributed by atoms with Crippen LogP contribution in [-0.4, -0.2) is 41.4 Å². The first kappa shape index (κ1) is 34.3. The zero-order valence-corrected chi connectivity index (χ0v) is 25.0. The van der Waals surface area contributed by atoms with E-state index >= 15 is 0 Å². The van der Waals surface area contributed by atoms with Crippen LogP contribution < -0.4 is 0 Å². The molecule has 0 spiro atoms. The third-order valence-electron chi connectivity index (χ3n) is 7.67. The number of hydrogen-bond acceptors (Lipinski definition) is 4. The minimum absolute atomic E-state index is 0.141. The fraction of sp³-hybridized carbons (Fsp3) is 0.909. The molecule has 0 aliphatic carbocycles. The van der Waals surface area contributed by atoms with Crippen LogP contribution in [0.15, 0.2) is 11.1 Å². The topological polar surface area (TPSA) is 77.8 Å². The predicted molar refractivity (Wildman–Crippen MR) is 159 cm³/mol. The Bertz CT molecular complexity index is 563. The maximum absolute atomic E-state index is 13.4. The zero-order chi connectivity index (χ0) is 28.3. The SMILES string of the molecule is [2H]OC[C@H](O)C(O)C(CCC)=C(CCCCCCCCCCCC)C(=O)CCCCCCCCCCCC. The number of ketones is 1. The standard InChI is InChI=1S/C33H64O4/c1-4-7-9-11-13-15-17-19-21-23-26-29(30(25-6-3)33(37)32(36)28-34)31(35)27-24-22-20-18-16-14-12-10-8-5-2/h32-34,36-37H,4-28H2,1-3H3/t32-,33?/m0/s1/i34D. The van der Waals surface area contributed by atoms with Crippen LogP contribution in [0.2, 0.25) is 0 Å². The molecule has 0 aromatic heterocycles. The number of aliphatic hydroxyl groups excluding tert-OH is 3. The highest BCUT2D eigenvalue weighted by Crippen LogP contribution is 2.26. The normalized spacial score (nSPS) is 14.4. The first-order chi connectivity index (χ1) is 18.5. The summed E-state index contributed by atoms with van der Waals surface area (Å²) in [5, 5.41) is 25.5. The molecule has 0 radical (unpaired) electrons. The van der Waals surface area contributed by atoms with Crippen LogP contribution in [0.25, 0.3) is 0 Å². The van der Waals surface area contributed by atoms with Gasteiger partial charge in [0.25, 0.3) is 0 Å². The summed E-state index contributed by atoms with van der Waals surface area (Å²) in [6, 6.07) is 0. The molecule has 0 saturated heterocycles. The monoisotopic (exact) mass is 525 g/mol. The molecule has 0 aromatic carbocycles. The highest BCUT2D eigenvalue weighted by atomic mass is 16.4. The van der Waals surface area contributed by atoms with Crippen molar-refractivity contribution in [3.8, 4) is 0 Å². The molecule has 0 saturated carbocycles. The Hall–Kier alpha value is -0.710. The second kappa shape index (κ2) is 26.9. The molecule has 4 heteroatoms. The number of carbonyl (C=O) groups is 1. The van der Waals surface area contributed by atoms with Crippen LogP contribution in [0.3, 0.4) is 0 Å². The first-order valence-corrected chi connectivity index (χ1v) is 16.2. The van der Waals surface area contributed by atoms with E-state index in [4.69, 9.17) is 1.43 Å². The van der Waals surface area contributed by atoms with Crippen LogP contribution in [0.1, 0.15) is 175 Å². The van der Waals surface area contributed by atoms with Crippen molar-refractivity contribution in [1.82, 2.24) is 0 Å². The molecule has 0 heterocycles. The van der Waals surface area contributed by atoms with E-state index in [1.165, 1.54) is 103 Å². The van der Waals surface area contributed by atoms with Gasteiger partial charge in [-0.15, -0.1) is 0 Å². The third kappa shape index (κ3) is 19.9. The molecule has 0 aliphatic rings. The second-order valence-electron chi connectivity index (χ2n) is 11.2. The van der Waals surface area contributed by atoms with E-state index in [0.29, 0.717) is 24.8 Å². The van der Waals surface area contributed by atoms with E-state index in [9.17, 15) is 15.0 Å². The van der Waals surface area contributed by atoms with Crippen molar-refractivity contribution < 1.29 is 20.1 Å². The average Bonchev–Trinajstić information content (AvgIpc) is 2.91. The minimum atomic E-state index is -1.18. The Morgan fingerprint density at radius 2 is 0.973 bits per heavy atom. The van der Waals surface area contributed by atoms with Crippen LogP contribution >= 0.6 is 0 Å². The van der Waals surface area contributed by atoms with Gasteiger partial charge in [-0.25, -0.2) is 0 Å². The molecule has 0 aromatic rings. The van der Waals surface area contributed by atoms with E-state index in [-0.39, 0.29) is 12.4 Å². The number of unbranched alkanes of at least 4 members (excludes halogenated alkanes) is 18. The summed E-state index contributed by atoms with van der Waals surface area (Å²) >= 11 is 0. The van der Waals surface area contributed by atoms with Gasteiger partial charge in [0.1, 0.15) is 12.2 Å². The van der Waals surface area contributed by atoms with Crippen LogP contribution in [0, 0.1) is 0 Å². The number of aliphatic hydroxyl groups is 3. The van der Waals surface area contributed by atoms with Gasteiger partial charge in [0.2, 0.25) is 1.43 Å². The number of hydrogen-bond donors (Lipinski definition) is 3. The quantitative estimate of drug-likeness (QED) is 0.0672. The molecule has 0 rings (SSSR count). The van der Waals surface area contributed by atoms with E-state index in [2.05, 4.69) is 19.0 Å². The van der Waals surface area contributed by atoms with Crippen molar-refractivity contribution in [1.29, 1.82) is 1.43 Å². The molecule has 2 atom stereocenters. The number of allylic oxidation sites excluding steroid dienone is 1. The van der Waals surface area contributed by atoms with Gasteiger partial charge in [-0.3, -0.25) is 4.79 Å². The molecular weight excluding hydrogens is 460 g/mol. The summed E-state index contributed by atoms with van der Waals surface area (Å²) < 4.78 is 6.95. The lowest BCUT2D eigenvalue weighted by atomic mass is 9.88. The summed E-state index contributed by atoms with van der Waals surface area (Å²) in [7, 11) is 0. The fourth-order valence-electron chi connectivity index (χ4n) is 5.26. The summed E-state index contributed by atoms with van der Waals surface area (Å²) in [4.78, 5) is 13.4. The molecule has 37 heavy (non-hydrogen) atoms. The van der Waals surface area contributed by atoms with Gasteiger partial charge in [0.05, 0.1) is 6.61 Å².